The van der Waals surface area contributed by atoms with Crippen molar-refractivity contribution in [3.8, 4) is 11.1 Å². The molecule has 3 N–H and O–H groups in total. The molecule has 0 unspecified atom stereocenters. The molecule has 1 aliphatic heterocycles. The van der Waals surface area contributed by atoms with E-state index < -0.39 is 15.9 Å². The molecule has 0 bridgehead atoms. The van der Waals surface area contributed by atoms with Crippen molar-refractivity contribution in [2.24, 2.45) is 5.73 Å². The van der Waals surface area contributed by atoms with Crippen molar-refractivity contribution in [3.05, 3.63) is 59.8 Å². The second-order valence-electron chi connectivity index (χ2n) is 8.11. The van der Waals surface area contributed by atoms with Crippen molar-refractivity contribution < 1.29 is 17.9 Å². The molecule has 1 fully saturated rings. The van der Waals surface area contributed by atoms with Crippen LogP contribution in [0, 0.1) is 0 Å². The zero-order chi connectivity index (χ0) is 22.7. The highest BCUT2D eigenvalue weighted by molar-refractivity contribution is 7.89. The topological polar surface area (TPSA) is 105 Å². The average Bonchev–Trinajstić information content (AvgIpc) is 3.23. The van der Waals surface area contributed by atoms with Crippen molar-refractivity contribution in [2.75, 3.05) is 32.1 Å². The van der Waals surface area contributed by atoms with Gasteiger partial charge in [0.2, 0.25) is 10.0 Å². The summed E-state index contributed by atoms with van der Waals surface area (Å²) in [5.74, 6) is -0.258. The lowest BCUT2D eigenvalue weighted by atomic mass is 9.88. The van der Waals surface area contributed by atoms with E-state index in [4.69, 9.17) is 10.5 Å². The molecule has 170 valence electrons. The first-order chi connectivity index (χ1) is 15.4. The number of piperidine rings is 1. The van der Waals surface area contributed by atoms with Crippen molar-refractivity contribution in [2.45, 2.75) is 25.7 Å². The fourth-order valence-electron chi connectivity index (χ4n) is 4.46. The van der Waals surface area contributed by atoms with Crippen LogP contribution in [0.4, 0.5) is 0 Å². The molecule has 1 saturated heterocycles. The molecule has 2 heterocycles. The molecule has 1 aromatic heterocycles. The van der Waals surface area contributed by atoms with Crippen molar-refractivity contribution in [1.82, 2.24) is 9.29 Å². The first-order valence-electron chi connectivity index (χ1n) is 11.0. The summed E-state index contributed by atoms with van der Waals surface area (Å²) >= 11 is 0. The Hall–Kier alpha value is -2.68. The Labute approximate surface area is 188 Å². The number of benzene rings is 2. The van der Waals surface area contributed by atoms with E-state index in [1.807, 2.05) is 49.5 Å². The number of nitrogens with two attached hydrogens (primary N) is 1. The third-order valence-corrected chi connectivity index (χ3v) is 8.01. The summed E-state index contributed by atoms with van der Waals surface area (Å²) in [7, 11) is -3.31. The van der Waals surface area contributed by atoms with Crippen LogP contribution in [0.15, 0.2) is 48.7 Å². The van der Waals surface area contributed by atoms with Gasteiger partial charge in [0.15, 0.2) is 0 Å². The molecule has 3 aromatic rings. The molecular formula is C24H29N3O4S. The minimum atomic E-state index is -3.31. The third-order valence-electron chi connectivity index (χ3n) is 6.17. The summed E-state index contributed by atoms with van der Waals surface area (Å²) in [6.07, 6.45) is 3.39. The summed E-state index contributed by atoms with van der Waals surface area (Å²) < 4.78 is 31.9. The molecule has 0 atom stereocenters. The predicted octanol–water partition coefficient (Wildman–Crippen LogP) is 3.48. The molecule has 8 heteroatoms. The number of hydrogen-bond acceptors (Lipinski definition) is 4. The normalized spacial score (nSPS) is 15.9. The van der Waals surface area contributed by atoms with Gasteiger partial charge in [-0.3, -0.25) is 4.79 Å². The maximum absolute atomic E-state index is 12.6. The second-order valence-corrected chi connectivity index (χ2v) is 10.2. The standard InChI is InChI=1S/C24H29N3O4S/c1-2-31-12-13-32(29,30)27-10-8-18(9-11-27)22-16-26-23-20(22)14-19(15-21(23)24(25)28)17-6-4-3-5-7-17/h3-7,14-16,18,26H,2,8-13H2,1H3,(H2,25,28). The lowest BCUT2D eigenvalue weighted by Gasteiger charge is -2.31. The monoisotopic (exact) mass is 455 g/mol. The van der Waals surface area contributed by atoms with Gasteiger partial charge in [0, 0.05) is 31.3 Å². The molecule has 4 rings (SSSR count). The molecule has 0 saturated carbocycles. The van der Waals surface area contributed by atoms with Gasteiger partial charge in [-0.2, -0.15) is 0 Å². The summed E-state index contributed by atoms with van der Waals surface area (Å²) in [6, 6.07) is 13.8. The number of H-pyrrole nitrogens is 1. The molecule has 0 radical (unpaired) electrons. The number of carbonyl (C=O) groups is 1. The van der Waals surface area contributed by atoms with Crippen LogP contribution >= 0.6 is 0 Å². The number of ether oxygens (including phenoxy) is 1. The Morgan fingerprint density at radius 3 is 2.53 bits per heavy atom. The molecule has 0 aliphatic carbocycles. The van der Waals surface area contributed by atoms with Gasteiger partial charge in [-0.15, -0.1) is 0 Å². The van der Waals surface area contributed by atoms with Crippen LogP contribution in [0.3, 0.4) is 0 Å². The van der Waals surface area contributed by atoms with Crippen LogP contribution in [0.1, 0.15) is 41.6 Å². The van der Waals surface area contributed by atoms with Gasteiger partial charge < -0.3 is 15.5 Å². The van der Waals surface area contributed by atoms with E-state index in [9.17, 15) is 13.2 Å². The largest absolute Gasteiger partial charge is 0.381 e. The molecule has 2 aromatic carbocycles. The van der Waals surface area contributed by atoms with Crippen LogP contribution < -0.4 is 5.73 Å². The zero-order valence-electron chi connectivity index (χ0n) is 18.2. The van der Waals surface area contributed by atoms with E-state index in [-0.39, 0.29) is 18.3 Å². The highest BCUT2D eigenvalue weighted by Gasteiger charge is 2.30. The SMILES string of the molecule is CCOCCS(=O)(=O)N1CCC(c2c[nH]c3c(C(N)=O)cc(-c4ccccc4)cc23)CC1. The van der Waals surface area contributed by atoms with Crippen molar-refractivity contribution in [3.63, 3.8) is 0 Å². The summed E-state index contributed by atoms with van der Waals surface area (Å²) in [5.41, 5.74) is 9.94. The Balaban J connectivity index is 1.60. The number of aromatic amines is 1. The number of amides is 1. The Morgan fingerprint density at radius 1 is 1.16 bits per heavy atom. The molecule has 32 heavy (non-hydrogen) atoms. The van der Waals surface area contributed by atoms with Crippen LogP contribution in [0.25, 0.3) is 22.0 Å². The predicted molar refractivity (Wildman–Crippen MR) is 126 cm³/mol. The number of aromatic nitrogens is 1. The summed E-state index contributed by atoms with van der Waals surface area (Å²) in [5, 5.41) is 0.970. The molecule has 1 amide bonds. The highest BCUT2D eigenvalue weighted by atomic mass is 32.2. The Morgan fingerprint density at radius 2 is 1.88 bits per heavy atom. The fourth-order valence-corrected chi connectivity index (χ4v) is 5.82. The van der Waals surface area contributed by atoms with E-state index in [0.29, 0.717) is 25.3 Å². The van der Waals surface area contributed by atoms with Gasteiger partial charge in [-0.05, 0) is 54.5 Å². The van der Waals surface area contributed by atoms with E-state index in [0.717, 1.165) is 40.4 Å². The number of carbonyl (C=O) groups excluding carboxylic acids is 1. The summed E-state index contributed by atoms with van der Waals surface area (Å²) in [6.45, 7) is 3.54. The Bertz CT molecular complexity index is 1200. The number of nitrogens with zero attached hydrogens (tertiary/aromatic N) is 1. The summed E-state index contributed by atoms with van der Waals surface area (Å²) in [4.78, 5) is 15.4. The van der Waals surface area contributed by atoms with Crippen molar-refractivity contribution >= 4 is 26.8 Å². The first-order valence-corrected chi connectivity index (χ1v) is 12.6. The molecule has 7 nitrogen and oxygen atoms in total. The quantitative estimate of drug-likeness (QED) is 0.507. The maximum atomic E-state index is 12.6. The highest BCUT2D eigenvalue weighted by Crippen LogP contribution is 2.37. The van der Waals surface area contributed by atoms with Crippen LogP contribution in [-0.2, 0) is 14.8 Å². The molecule has 1 aliphatic rings. The first kappa shape index (κ1) is 22.5. The average molecular weight is 456 g/mol. The number of primary amides is 1. The fraction of sp³-hybridized carbons (Fsp3) is 0.375. The van der Waals surface area contributed by atoms with E-state index in [1.54, 1.807) is 4.31 Å². The van der Waals surface area contributed by atoms with Crippen LogP contribution in [-0.4, -0.2) is 55.7 Å². The van der Waals surface area contributed by atoms with Gasteiger partial charge >= 0.3 is 0 Å². The number of nitrogens with one attached hydrogen (secondary N) is 1. The molecule has 0 spiro atoms. The van der Waals surface area contributed by atoms with E-state index in [2.05, 4.69) is 11.1 Å². The number of rotatable bonds is 8. The lowest BCUT2D eigenvalue weighted by Crippen LogP contribution is -2.40. The third kappa shape index (κ3) is 4.57. The van der Waals surface area contributed by atoms with E-state index >= 15 is 0 Å². The molecular weight excluding hydrogens is 426 g/mol. The van der Waals surface area contributed by atoms with Gasteiger partial charge in [0.25, 0.3) is 5.91 Å². The number of fused-ring (bicyclic) bond motifs is 1. The van der Waals surface area contributed by atoms with Crippen molar-refractivity contribution in [1.29, 1.82) is 0 Å². The minimum absolute atomic E-state index is 0.0149. The van der Waals surface area contributed by atoms with Gasteiger partial charge in [0.1, 0.15) is 0 Å². The Kier molecular flexibility index (Phi) is 6.64. The van der Waals surface area contributed by atoms with E-state index in [1.165, 1.54) is 0 Å². The number of sulfonamides is 1. The second kappa shape index (κ2) is 9.44. The minimum Gasteiger partial charge on any atom is -0.381 e. The van der Waals surface area contributed by atoms with Gasteiger partial charge in [-0.1, -0.05) is 30.3 Å². The number of hydrogen-bond donors (Lipinski definition) is 2. The van der Waals surface area contributed by atoms with Gasteiger partial charge in [0.05, 0.1) is 23.4 Å². The smallest absolute Gasteiger partial charge is 0.250 e. The zero-order valence-corrected chi connectivity index (χ0v) is 19.0. The maximum Gasteiger partial charge on any atom is 0.250 e. The van der Waals surface area contributed by atoms with Gasteiger partial charge in [-0.25, -0.2) is 12.7 Å². The lowest BCUT2D eigenvalue weighted by molar-refractivity contribution is 0.100. The van der Waals surface area contributed by atoms with Crippen LogP contribution in [0.5, 0.6) is 0 Å². The van der Waals surface area contributed by atoms with Crippen LogP contribution in [0.2, 0.25) is 0 Å².